The number of hydrogen-bond donors (Lipinski definition) is 1. The Labute approximate surface area is 124 Å². The van der Waals surface area contributed by atoms with E-state index in [9.17, 15) is 0 Å². The van der Waals surface area contributed by atoms with Gasteiger partial charge in [-0.05, 0) is 61.5 Å². The van der Waals surface area contributed by atoms with Gasteiger partial charge in [0.15, 0.2) is 0 Å². The molecule has 0 aromatic carbocycles. The van der Waals surface area contributed by atoms with Gasteiger partial charge in [0.25, 0.3) is 0 Å². The summed E-state index contributed by atoms with van der Waals surface area (Å²) in [4.78, 5) is 0. The van der Waals surface area contributed by atoms with Gasteiger partial charge >= 0.3 is 0 Å². The molecule has 0 saturated carbocycles. The summed E-state index contributed by atoms with van der Waals surface area (Å²) < 4.78 is 3.26. The maximum Gasteiger partial charge on any atom is 0.0698 e. The fourth-order valence-corrected chi connectivity index (χ4v) is 3.37. The number of nitrogens with one attached hydrogen (secondary N) is 1. The highest BCUT2D eigenvalue weighted by molar-refractivity contribution is 9.10. The first-order valence-corrected chi connectivity index (χ1v) is 8.12. The van der Waals surface area contributed by atoms with Crippen LogP contribution >= 0.6 is 15.9 Å². The quantitative estimate of drug-likeness (QED) is 0.794. The molecule has 1 aliphatic carbocycles. The van der Waals surface area contributed by atoms with Crippen LogP contribution in [-0.2, 0) is 6.54 Å². The molecule has 0 fully saturated rings. The molecule has 1 aromatic rings. The maximum absolute atomic E-state index is 4.48. The normalized spacial score (nSPS) is 17.3. The van der Waals surface area contributed by atoms with Gasteiger partial charge in [-0.15, -0.1) is 0 Å². The van der Waals surface area contributed by atoms with Gasteiger partial charge in [0, 0.05) is 6.54 Å². The second kappa shape index (κ2) is 7.25. The van der Waals surface area contributed by atoms with Gasteiger partial charge in [-0.1, -0.05) is 18.6 Å². The Morgan fingerprint density at radius 1 is 1.47 bits per heavy atom. The van der Waals surface area contributed by atoms with Gasteiger partial charge in [0.1, 0.15) is 0 Å². The molecule has 1 aromatic heterocycles. The van der Waals surface area contributed by atoms with Gasteiger partial charge in [-0.3, -0.25) is 4.68 Å². The highest BCUT2D eigenvalue weighted by Crippen LogP contribution is 2.31. The molecule has 3 nitrogen and oxygen atoms in total. The molecule has 2 rings (SSSR count). The molecular formula is C15H24BrN3. The Kier molecular flexibility index (Phi) is 5.64. The lowest BCUT2D eigenvalue weighted by Gasteiger charge is -2.22. The Morgan fingerprint density at radius 3 is 2.95 bits per heavy atom. The number of nitrogens with zero attached hydrogens (tertiary/aromatic N) is 2. The van der Waals surface area contributed by atoms with Crippen molar-refractivity contribution in [3.63, 3.8) is 0 Å². The van der Waals surface area contributed by atoms with Crippen LogP contribution in [0.25, 0.3) is 0 Å². The number of hydrogen-bond acceptors (Lipinski definition) is 2. The highest BCUT2D eigenvalue weighted by Gasteiger charge is 2.20. The smallest absolute Gasteiger partial charge is 0.0698 e. The first-order valence-electron chi connectivity index (χ1n) is 7.32. The van der Waals surface area contributed by atoms with Gasteiger partial charge in [-0.25, -0.2) is 0 Å². The SMILES string of the molecule is CCCn1ncc(Br)c1C(CC1=CCCCC1)NC. The molecule has 0 radical (unpaired) electrons. The minimum Gasteiger partial charge on any atom is -0.311 e. The Morgan fingerprint density at radius 2 is 2.32 bits per heavy atom. The van der Waals surface area contributed by atoms with Crippen LogP contribution in [0.5, 0.6) is 0 Å². The number of aromatic nitrogens is 2. The summed E-state index contributed by atoms with van der Waals surface area (Å²) in [7, 11) is 2.05. The van der Waals surface area contributed by atoms with Crippen LogP contribution in [-0.4, -0.2) is 16.8 Å². The monoisotopic (exact) mass is 325 g/mol. The van der Waals surface area contributed by atoms with Crippen molar-refractivity contribution in [3.8, 4) is 0 Å². The fraction of sp³-hybridized carbons (Fsp3) is 0.667. The van der Waals surface area contributed by atoms with Gasteiger partial charge in [0.2, 0.25) is 0 Å². The summed E-state index contributed by atoms with van der Waals surface area (Å²) in [6, 6.07) is 0.354. The molecule has 19 heavy (non-hydrogen) atoms. The van der Waals surface area contributed by atoms with E-state index in [4.69, 9.17) is 0 Å². The van der Waals surface area contributed by atoms with Crippen molar-refractivity contribution >= 4 is 15.9 Å². The average Bonchev–Trinajstić information content (AvgIpc) is 2.79. The van der Waals surface area contributed by atoms with Crippen LogP contribution in [0.3, 0.4) is 0 Å². The Balaban J connectivity index is 2.16. The molecule has 1 heterocycles. The molecule has 1 aliphatic rings. The van der Waals surface area contributed by atoms with Crippen molar-refractivity contribution in [2.24, 2.45) is 0 Å². The standard InChI is InChI=1S/C15H24BrN3/c1-3-9-19-15(13(16)11-18-19)14(17-2)10-12-7-5-4-6-8-12/h7,11,14,17H,3-6,8-10H2,1-2H3. The van der Waals surface area contributed by atoms with Crippen LogP contribution in [0.1, 0.15) is 57.2 Å². The van der Waals surface area contributed by atoms with Crippen molar-refractivity contribution in [3.05, 3.63) is 28.0 Å². The Bertz CT molecular complexity index is 437. The zero-order valence-corrected chi connectivity index (χ0v) is 13.5. The lowest BCUT2D eigenvalue weighted by Crippen LogP contribution is -2.22. The van der Waals surface area contributed by atoms with Crippen molar-refractivity contribution in [2.75, 3.05) is 7.05 Å². The maximum atomic E-state index is 4.48. The number of allylic oxidation sites excluding steroid dienone is 1. The molecule has 0 amide bonds. The summed E-state index contributed by atoms with van der Waals surface area (Å²) in [5, 5.41) is 7.94. The minimum atomic E-state index is 0.354. The third kappa shape index (κ3) is 3.69. The van der Waals surface area contributed by atoms with Crippen LogP contribution in [0, 0.1) is 0 Å². The van der Waals surface area contributed by atoms with Crippen LogP contribution in [0.4, 0.5) is 0 Å². The second-order valence-electron chi connectivity index (χ2n) is 5.25. The number of rotatable bonds is 6. The van der Waals surface area contributed by atoms with Crippen LogP contribution in [0.15, 0.2) is 22.3 Å². The van der Waals surface area contributed by atoms with E-state index in [1.54, 1.807) is 5.57 Å². The van der Waals surface area contributed by atoms with E-state index in [2.05, 4.69) is 44.0 Å². The van der Waals surface area contributed by atoms with E-state index in [1.165, 1.54) is 31.4 Å². The summed E-state index contributed by atoms with van der Waals surface area (Å²) in [6.45, 7) is 3.18. The van der Waals surface area contributed by atoms with Gasteiger partial charge in [-0.2, -0.15) is 5.10 Å². The van der Waals surface area contributed by atoms with Crippen molar-refractivity contribution < 1.29 is 0 Å². The zero-order valence-electron chi connectivity index (χ0n) is 12.0. The largest absolute Gasteiger partial charge is 0.311 e. The molecule has 106 valence electrons. The Hall–Kier alpha value is -0.610. The van der Waals surface area contributed by atoms with Crippen LogP contribution < -0.4 is 5.32 Å². The molecule has 1 N–H and O–H groups in total. The predicted octanol–water partition coefficient (Wildman–Crippen LogP) is 4.21. The molecule has 1 atom stereocenters. The fourth-order valence-electron chi connectivity index (χ4n) is 2.80. The highest BCUT2D eigenvalue weighted by atomic mass is 79.9. The second-order valence-corrected chi connectivity index (χ2v) is 6.11. The summed E-state index contributed by atoms with van der Waals surface area (Å²) >= 11 is 3.65. The molecule has 0 saturated heterocycles. The van der Waals surface area contributed by atoms with Gasteiger partial charge < -0.3 is 5.32 Å². The first-order chi connectivity index (χ1) is 9.26. The molecule has 4 heteroatoms. The minimum absolute atomic E-state index is 0.354. The third-order valence-electron chi connectivity index (χ3n) is 3.80. The first kappa shape index (κ1) is 14.8. The summed E-state index contributed by atoms with van der Waals surface area (Å²) in [5.41, 5.74) is 2.89. The van der Waals surface area contributed by atoms with E-state index >= 15 is 0 Å². The van der Waals surface area contributed by atoms with E-state index in [0.717, 1.165) is 23.9 Å². The number of halogens is 1. The molecule has 1 unspecified atom stereocenters. The lowest BCUT2D eigenvalue weighted by atomic mass is 9.93. The van der Waals surface area contributed by atoms with E-state index in [0.29, 0.717) is 6.04 Å². The third-order valence-corrected chi connectivity index (χ3v) is 4.41. The average molecular weight is 326 g/mol. The van der Waals surface area contributed by atoms with E-state index in [-0.39, 0.29) is 0 Å². The van der Waals surface area contributed by atoms with Crippen LogP contribution in [0.2, 0.25) is 0 Å². The summed E-state index contributed by atoms with van der Waals surface area (Å²) in [5.74, 6) is 0. The van der Waals surface area contributed by atoms with Crippen molar-refractivity contribution in [1.82, 2.24) is 15.1 Å². The van der Waals surface area contributed by atoms with Gasteiger partial charge in [0.05, 0.1) is 22.4 Å². The van der Waals surface area contributed by atoms with E-state index in [1.807, 2.05) is 13.2 Å². The number of aryl methyl sites for hydroxylation is 1. The summed E-state index contributed by atoms with van der Waals surface area (Å²) in [6.07, 6.45) is 11.8. The zero-order chi connectivity index (χ0) is 13.7. The molecule has 0 aliphatic heterocycles. The predicted molar refractivity (Wildman–Crippen MR) is 83.2 cm³/mol. The molecule has 0 spiro atoms. The molecule has 0 bridgehead atoms. The van der Waals surface area contributed by atoms with Crippen molar-refractivity contribution in [1.29, 1.82) is 0 Å². The van der Waals surface area contributed by atoms with Crippen molar-refractivity contribution in [2.45, 2.75) is 58.0 Å². The molecular weight excluding hydrogens is 302 g/mol. The lowest BCUT2D eigenvalue weighted by molar-refractivity contribution is 0.485. The topological polar surface area (TPSA) is 29.9 Å². The van der Waals surface area contributed by atoms with E-state index < -0.39 is 0 Å².